The summed E-state index contributed by atoms with van der Waals surface area (Å²) in [6.45, 7) is 0. The number of amides is 4. The number of barbiturate groups is 1. The maximum atomic E-state index is 11.9. The third-order valence-corrected chi connectivity index (χ3v) is 3.25. The van der Waals surface area contributed by atoms with E-state index in [-0.39, 0.29) is 17.7 Å². The van der Waals surface area contributed by atoms with E-state index in [4.69, 9.17) is 0 Å². The summed E-state index contributed by atoms with van der Waals surface area (Å²) in [4.78, 5) is 37.4. The summed E-state index contributed by atoms with van der Waals surface area (Å²) in [6, 6.07) is -0.548. The van der Waals surface area contributed by atoms with Crippen LogP contribution in [0.5, 0.6) is 0 Å². The third-order valence-electron chi connectivity index (χ3n) is 3.25. The lowest BCUT2D eigenvalue weighted by molar-refractivity contribution is -0.149. The first-order valence-corrected chi connectivity index (χ1v) is 5.30. The SMILES string of the molecule is CN1C(=O)C(C2C=CCC2)C(=O)N(C)C1=O. The molecule has 1 aliphatic carbocycles. The molecular weight excluding hydrogens is 208 g/mol. The van der Waals surface area contributed by atoms with Crippen molar-refractivity contribution in [3.05, 3.63) is 12.2 Å². The smallest absolute Gasteiger partial charge is 0.273 e. The maximum Gasteiger partial charge on any atom is 0.332 e. The molecule has 0 N–H and O–H groups in total. The highest BCUT2D eigenvalue weighted by Gasteiger charge is 2.45. The maximum absolute atomic E-state index is 11.9. The number of nitrogens with zero attached hydrogens (tertiary/aromatic N) is 2. The molecule has 5 nitrogen and oxygen atoms in total. The van der Waals surface area contributed by atoms with Gasteiger partial charge in [-0.25, -0.2) is 4.79 Å². The quantitative estimate of drug-likeness (QED) is 0.482. The molecule has 0 aromatic carbocycles. The Morgan fingerprint density at radius 1 is 1.12 bits per heavy atom. The van der Waals surface area contributed by atoms with Crippen molar-refractivity contribution in [2.45, 2.75) is 12.8 Å². The molecular formula is C11H14N2O3. The van der Waals surface area contributed by atoms with E-state index in [9.17, 15) is 14.4 Å². The van der Waals surface area contributed by atoms with Gasteiger partial charge in [0.05, 0.1) is 0 Å². The van der Waals surface area contributed by atoms with Crippen LogP contribution in [-0.4, -0.2) is 41.7 Å². The first kappa shape index (κ1) is 10.9. The van der Waals surface area contributed by atoms with Crippen molar-refractivity contribution in [1.29, 1.82) is 0 Å². The van der Waals surface area contributed by atoms with E-state index in [0.29, 0.717) is 0 Å². The number of hydrogen-bond acceptors (Lipinski definition) is 3. The molecule has 4 amide bonds. The summed E-state index contributed by atoms with van der Waals surface area (Å²) in [6.07, 6.45) is 5.57. The lowest BCUT2D eigenvalue weighted by Crippen LogP contribution is -2.58. The molecule has 1 atom stereocenters. The molecule has 1 aliphatic heterocycles. The van der Waals surface area contributed by atoms with Gasteiger partial charge in [-0.3, -0.25) is 19.4 Å². The van der Waals surface area contributed by atoms with Crippen molar-refractivity contribution >= 4 is 17.8 Å². The predicted octanol–water partition coefficient (Wildman–Crippen LogP) is 0.619. The molecule has 1 heterocycles. The van der Waals surface area contributed by atoms with Crippen LogP contribution < -0.4 is 0 Å². The van der Waals surface area contributed by atoms with Crippen molar-refractivity contribution in [2.24, 2.45) is 11.8 Å². The summed E-state index contributed by atoms with van der Waals surface area (Å²) < 4.78 is 0. The molecule has 1 saturated heterocycles. The van der Waals surface area contributed by atoms with Crippen LogP contribution in [-0.2, 0) is 9.59 Å². The van der Waals surface area contributed by atoms with E-state index in [1.807, 2.05) is 12.2 Å². The Bertz CT molecular complexity index is 365. The Hall–Kier alpha value is -1.65. The minimum Gasteiger partial charge on any atom is -0.273 e. The minimum atomic E-state index is -0.716. The van der Waals surface area contributed by atoms with Crippen LogP contribution in [0.4, 0.5) is 4.79 Å². The monoisotopic (exact) mass is 222 g/mol. The molecule has 2 rings (SSSR count). The van der Waals surface area contributed by atoms with Gasteiger partial charge in [0.1, 0.15) is 5.92 Å². The predicted molar refractivity (Wildman–Crippen MR) is 56.3 cm³/mol. The van der Waals surface area contributed by atoms with E-state index in [2.05, 4.69) is 0 Å². The van der Waals surface area contributed by atoms with Crippen LogP contribution in [0.25, 0.3) is 0 Å². The summed E-state index contributed by atoms with van der Waals surface area (Å²) in [5, 5.41) is 0. The Morgan fingerprint density at radius 2 is 1.69 bits per heavy atom. The highest BCUT2D eigenvalue weighted by Crippen LogP contribution is 2.30. The van der Waals surface area contributed by atoms with Crippen LogP contribution in [0.1, 0.15) is 12.8 Å². The van der Waals surface area contributed by atoms with Crippen molar-refractivity contribution in [2.75, 3.05) is 14.1 Å². The molecule has 16 heavy (non-hydrogen) atoms. The van der Waals surface area contributed by atoms with Gasteiger partial charge in [-0.1, -0.05) is 12.2 Å². The van der Waals surface area contributed by atoms with Gasteiger partial charge in [-0.2, -0.15) is 0 Å². The summed E-state index contributed by atoms with van der Waals surface area (Å²) in [7, 11) is 2.83. The lowest BCUT2D eigenvalue weighted by atomic mass is 9.88. The second-order valence-corrected chi connectivity index (χ2v) is 4.22. The fraction of sp³-hybridized carbons (Fsp3) is 0.545. The number of hydrogen-bond donors (Lipinski definition) is 0. The Morgan fingerprint density at radius 3 is 2.12 bits per heavy atom. The first-order chi connectivity index (χ1) is 7.54. The molecule has 0 aromatic rings. The molecule has 1 unspecified atom stereocenters. The van der Waals surface area contributed by atoms with E-state index < -0.39 is 11.9 Å². The lowest BCUT2D eigenvalue weighted by Gasteiger charge is -2.34. The summed E-state index contributed by atoms with van der Waals surface area (Å²) >= 11 is 0. The Labute approximate surface area is 93.7 Å². The molecule has 0 spiro atoms. The van der Waals surface area contributed by atoms with Crippen molar-refractivity contribution < 1.29 is 14.4 Å². The normalized spacial score (nSPS) is 27.1. The van der Waals surface area contributed by atoms with Crippen LogP contribution in [0.3, 0.4) is 0 Å². The van der Waals surface area contributed by atoms with Gasteiger partial charge in [0.15, 0.2) is 0 Å². The number of urea groups is 1. The number of carbonyl (C=O) groups is 3. The number of rotatable bonds is 1. The largest absolute Gasteiger partial charge is 0.332 e. The van der Waals surface area contributed by atoms with Gasteiger partial charge in [0, 0.05) is 14.1 Å². The van der Waals surface area contributed by atoms with Crippen molar-refractivity contribution in [1.82, 2.24) is 9.80 Å². The van der Waals surface area contributed by atoms with Crippen molar-refractivity contribution in [3.63, 3.8) is 0 Å². The van der Waals surface area contributed by atoms with Gasteiger partial charge < -0.3 is 0 Å². The third kappa shape index (κ3) is 1.43. The van der Waals surface area contributed by atoms with Gasteiger partial charge >= 0.3 is 6.03 Å². The van der Waals surface area contributed by atoms with Gasteiger partial charge in [0.2, 0.25) is 11.8 Å². The van der Waals surface area contributed by atoms with E-state index >= 15 is 0 Å². The van der Waals surface area contributed by atoms with Crippen LogP contribution >= 0.6 is 0 Å². The van der Waals surface area contributed by atoms with Gasteiger partial charge in [-0.15, -0.1) is 0 Å². The zero-order valence-electron chi connectivity index (χ0n) is 9.34. The molecule has 86 valence electrons. The second-order valence-electron chi connectivity index (χ2n) is 4.22. The number of allylic oxidation sites excluding steroid dienone is 2. The average molecular weight is 222 g/mol. The minimum absolute atomic E-state index is 0.0574. The fourth-order valence-corrected chi connectivity index (χ4v) is 2.24. The molecule has 1 fully saturated rings. The van der Waals surface area contributed by atoms with E-state index in [1.165, 1.54) is 14.1 Å². The molecule has 5 heteroatoms. The molecule has 0 bridgehead atoms. The van der Waals surface area contributed by atoms with E-state index in [1.54, 1.807) is 0 Å². The molecule has 0 radical (unpaired) electrons. The van der Waals surface area contributed by atoms with Gasteiger partial charge in [0.25, 0.3) is 0 Å². The van der Waals surface area contributed by atoms with Crippen molar-refractivity contribution in [3.8, 4) is 0 Å². The fourth-order valence-electron chi connectivity index (χ4n) is 2.24. The zero-order valence-corrected chi connectivity index (χ0v) is 9.34. The number of imide groups is 2. The van der Waals surface area contributed by atoms with Gasteiger partial charge in [-0.05, 0) is 18.8 Å². The standard InChI is InChI=1S/C11H14N2O3/c1-12-9(14)8(7-5-3-4-6-7)10(15)13(2)11(12)16/h3,5,7-8H,4,6H2,1-2H3. The van der Waals surface area contributed by atoms with E-state index in [0.717, 1.165) is 22.6 Å². The Kier molecular flexibility index (Phi) is 2.53. The van der Waals surface area contributed by atoms with Crippen LogP contribution in [0, 0.1) is 11.8 Å². The van der Waals surface area contributed by atoms with Crippen LogP contribution in [0.2, 0.25) is 0 Å². The molecule has 0 saturated carbocycles. The zero-order chi connectivity index (χ0) is 11.9. The topological polar surface area (TPSA) is 57.7 Å². The molecule has 0 aromatic heterocycles. The summed E-state index contributed by atoms with van der Waals surface area (Å²) in [5.74, 6) is -1.54. The molecule has 2 aliphatic rings. The second kappa shape index (κ2) is 3.73. The highest BCUT2D eigenvalue weighted by molar-refractivity contribution is 6.16. The Balaban J connectivity index is 2.29. The van der Waals surface area contributed by atoms with Crippen LogP contribution in [0.15, 0.2) is 12.2 Å². The summed E-state index contributed by atoms with van der Waals surface area (Å²) in [5.41, 5.74) is 0. The highest BCUT2D eigenvalue weighted by atomic mass is 16.2. The average Bonchev–Trinajstić information content (AvgIpc) is 2.77. The first-order valence-electron chi connectivity index (χ1n) is 5.30. The number of carbonyl (C=O) groups excluding carboxylic acids is 3.